The molecule has 1 aromatic carbocycles. The Morgan fingerprint density at radius 3 is 2.38 bits per heavy atom. The summed E-state index contributed by atoms with van der Waals surface area (Å²) in [6.07, 6.45) is -4.14. The molecular formula is C18H26N2O8S. The maximum absolute atomic E-state index is 11.7. The van der Waals surface area contributed by atoms with Crippen LogP contribution in [-0.4, -0.2) is 68.8 Å². The lowest BCUT2D eigenvalue weighted by molar-refractivity contribution is -0.262. The minimum atomic E-state index is -3.98. The first-order valence-electron chi connectivity index (χ1n) is 8.95. The normalized spacial score (nSPS) is 27.2. The zero-order valence-electron chi connectivity index (χ0n) is 16.4. The molecule has 162 valence electrons. The number of amides is 2. The van der Waals surface area contributed by atoms with Crippen molar-refractivity contribution in [3.63, 3.8) is 0 Å². The van der Waals surface area contributed by atoms with E-state index in [4.69, 9.17) is 13.7 Å². The van der Waals surface area contributed by atoms with Gasteiger partial charge in [0.2, 0.25) is 11.8 Å². The molecule has 5 atom stereocenters. The molecule has 2 rings (SSSR count). The monoisotopic (exact) mass is 430 g/mol. The molecule has 1 aromatic rings. The summed E-state index contributed by atoms with van der Waals surface area (Å²) in [4.78, 5) is 22.9. The number of rotatable bonds is 8. The number of hydrogen-bond acceptors (Lipinski definition) is 8. The summed E-state index contributed by atoms with van der Waals surface area (Å²) in [7, 11) is -3.98. The molecule has 2 amide bonds. The summed E-state index contributed by atoms with van der Waals surface area (Å²) in [5, 5.41) is 15.7. The van der Waals surface area contributed by atoms with E-state index in [0.29, 0.717) is 0 Å². The van der Waals surface area contributed by atoms with Crippen LogP contribution in [0.3, 0.4) is 0 Å². The fourth-order valence-electron chi connectivity index (χ4n) is 2.93. The van der Waals surface area contributed by atoms with Crippen molar-refractivity contribution in [3.05, 3.63) is 35.9 Å². The van der Waals surface area contributed by atoms with Crippen LogP contribution in [0.2, 0.25) is 0 Å². The molecule has 1 heterocycles. The topological polar surface area (TPSA) is 140 Å². The number of aliphatic hydroxyl groups excluding tert-OH is 1. The van der Waals surface area contributed by atoms with E-state index >= 15 is 0 Å². The highest BCUT2D eigenvalue weighted by Gasteiger charge is 2.48. The molecule has 1 aliphatic rings. The predicted octanol–water partition coefficient (Wildman–Crippen LogP) is -0.725. The van der Waals surface area contributed by atoms with Gasteiger partial charge in [0.1, 0.15) is 24.4 Å². The number of hydrogen-bond donors (Lipinski definition) is 3. The zero-order valence-corrected chi connectivity index (χ0v) is 17.2. The first-order valence-corrected chi connectivity index (χ1v) is 10.8. The highest BCUT2D eigenvalue weighted by Crippen LogP contribution is 2.26. The van der Waals surface area contributed by atoms with Gasteiger partial charge in [0.05, 0.1) is 12.9 Å². The molecular weight excluding hydrogens is 404 g/mol. The number of aliphatic hydroxyl groups is 1. The van der Waals surface area contributed by atoms with Crippen LogP contribution >= 0.6 is 0 Å². The minimum Gasteiger partial charge on any atom is -0.387 e. The Balaban J connectivity index is 2.27. The van der Waals surface area contributed by atoms with Gasteiger partial charge in [0.15, 0.2) is 6.29 Å². The quantitative estimate of drug-likeness (QED) is 0.459. The molecule has 0 radical (unpaired) electrons. The molecule has 10 nitrogen and oxygen atoms in total. The Labute approximate surface area is 169 Å². The third-order valence-corrected chi connectivity index (χ3v) is 4.71. The van der Waals surface area contributed by atoms with E-state index < -0.39 is 46.7 Å². The lowest BCUT2D eigenvalue weighted by Crippen LogP contribution is -2.66. The largest absolute Gasteiger partial charge is 0.387 e. The Morgan fingerprint density at radius 2 is 1.83 bits per heavy atom. The smallest absolute Gasteiger partial charge is 0.264 e. The molecule has 0 saturated carbocycles. The highest BCUT2D eigenvalue weighted by molar-refractivity contribution is 7.86. The highest BCUT2D eigenvalue weighted by atomic mass is 32.2. The van der Waals surface area contributed by atoms with Crippen molar-refractivity contribution in [2.45, 2.75) is 51.1 Å². The van der Waals surface area contributed by atoms with E-state index in [2.05, 4.69) is 10.6 Å². The molecule has 0 aromatic heterocycles. The van der Waals surface area contributed by atoms with Crippen LogP contribution in [0.4, 0.5) is 0 Å². The maximum Gasteiger partial charge on any atom is 0.264 e. The van der Waals surface area contributed by atoms with Crippen LogP contribution in [0, 0.1) is 0 Å². The standard InChI is InChI=1S/C18H26N2O8S/c1-11(21)19-9-14-16(23)17(28-29(3,24)25)15(20-12(2)22)18(27-14)26-10-13-7-5-4-6-8-13/h4-8,14-18,23H,9-10H2,1-3H3,(H,19,21)(H,20,22)/t14-,15-,16+,17-,18+/m1/s1. The van der Waals surface area contributed by atoms with E-state index in [9.17, 15) is 23.1 Å². The molecule has 11 heteroatoms. The van der Waals surface area contributed by atoms with Gasteiger partial charge in [-0.3, -0.25) is 13.8 Å². The first kappa shape index (κ1) is 23.2. The lowest BCUT2D eigenvalue weighted by atomic mass is 9.96. The fraction of sp³-hybridized carbons (Fsp3) is 0.556. The fourth-order valence-corrected chi connectivity index (χ4v) is 3.57. The first-order chi connectivity index (χ1) is 13.6. The number of carbonyl (C=O) groups is 2. The van der Waals surface area contributed by atoms with Gasteiger partial charge < -0.3 is 25.2 Å². The minimum absolute atomic E-state index is 0.0991. The summed E-state index contributed by atoms with van der Waals surface area (Å²) in [6.45, 7) is 2.54. The third kappa shape index (κ3) is 7.37. The number of carbonyl (C=O) groups excluding carboxylic acids is 2. The van der Waals surface area contributed by atoms with E-state index in [0.717, 1.165) is 11.8 Å². The van der Waals surface area contributed by atoms with Crippen LogP contribution < -0.4 is 10.6 Å². The molecule has 0 unspecified atom stereocenters. The zero-order chi connectivity index (χ0) is 21.6. The van der Waals surface area contributed by atoms with Gasteiger partial charge in [-0.15, -0.1) is 0 Å². The van der Waals surface area contributed by atoms with Crippen molar-refractivity contribution in [1.29, 1.82) is 0 Å². The van der Waals surface area contributed by atoms with E-state index in [1.54, 1.807) is 0 Å². The second kappa shape index (κ2) is 10.1. The number of ether oxygens (including phenoxy) is 2. The van der Waals surface area contributed by atoms with Gasteiger partial charge in [0, 0.05) is 20.4 Å². The molecule has 3 N–H and O–H groups in total. The van der Waals surface area contributed by atoms with Crippen molar-refractivity contribution in [2.75, 3.05) is 12.8 Å². The van der Waals surface area contributed by atoms with Crippen molar-refractivity contribution in [2.24, 2.45) is 0 Å². The van der Waals surface area contributed by atoms with Gasteiger partial charge in [-0.1, -0.05) is 30.3 Å². The summed E-state index contributed by atoms with van der Waals surface area (Å²) in [5.74, 6) is -0.839. The number of benzene rings is 1. The molecule has 0 bridgehead atoms. The molecule has 1 fully saturated rings. The van der Waals surface area contributed by atoms with Crippen molar-refractivity contribution in [3.8, 4) is 0 Å². The molecule has 29 heavy (non-hydrogen) atoms. The maximum atomic E-state index is 11.7. The SMILES string of the molecule is CC(=O)NC[C@H]1O[C@H](OCc2ccccc2)[C@H](NC(C)=O)[C@@H](OS(C)(=O)=O)[C@H]1O. The van der Waals surface area contributed by atoms with Gasteiger partial charge in [0.25, 0.3) is 10.1 Å². The van der Waals surface area contributed by atoms with E-state index in [1.807, 2.05) is 30.3 Å². The summed E-state index contributed by atoms with van der Waals surface area (Å²) in [5.41, 5.74) is 0.822. The predicted molar refractivity (Wildman–Crippen MR) is 102 cm³/mol. The van der Waals surface area contributed by atoms with Gasteiger partial charge in [-0.2, -0.15) is 8.42 Å². The molecule has 0 spiro atoms. The van der Waals surface area contributed by atoms with Crippen LogP contribution in [-0.2, 0) is 40.0 Å². The summed E-state index contributed by atoms with van der Waals surface area (Å²) in [6, 6.07) is 8.04. The number of nitrogens with one attached hydrogen (secondary N) is 2. The summed E-state index contributed by atoms with van der Waals surface area (Å²) < 4.78 is 40.1. The van der Waals surface area contributed by atoms with Crippen molar-refractivity contribution in [1.82, 2.24) is 10.6 Å². The molecule has 1 aliphatic heterocycles. The van der Waals surface area contributed by atoms with E-state index in [-0.39, 0.29) is 19.1 Å². The van der Waals surface area contributed by atoms with Gasteiger partial charge >= 0.3 is 0 Å². The average molecular weight is 430 g/mol. The van der Waals surface area contributed by atoms with E-state index in [1.165, 1.54) is 13.8 Å². The Bertz CT molecular complexity index is 801. The van der Waals surface area contributed by atoms with Crippen LogP contribution in [0.1, 0.15) is 19.4 Å². The Kier molecular flexibility index (Phi) is 8.11. The average Bonchev–Trinajstić information content (AvgIpc) is 2.62. The van der Waals surface area contributed by atoms with Gasteiger partial charge in [-0.25, -0.2) is 0 Å². The van der Waals surface area contributed by atoms with Crippen molar-refractivity contribution >= 4 is 21.9 Å². The second-order valence-electron chi connectivity index (χ2n) is 6.76. The third-order valence-electron chi connectivity index (χ3n) is 4.14. The Morgan fingerprint density at radius 1 is 1.17 bits per heavy atom. The van der Waals surface area contributed by atoms with Crippen LogP contribution in [0.25, 0.3) is 0 Å². The molecule has 1 saturated heterocycles. The van der Waals surface area contributed by atoms with Crippen LogP contribution in [0.15, 0.2) is 30.3 Å². The van der Waals surface area contributed by atoms with Crippen molar-refractivity contribution < 1.29 is 36.8 Å². The van der Waals surface area contributed by atoms with Crippen LogP contribution in [0.5, 0.6) is 0 Å². The van der Waals surface area contributed by atoms with Gasteiger partial charge in [-0.05, 0) is 5.56 Å². The molecule has 0 aliphatic carbocycles. The Hall–Kier alpha value is -2.05. The second-order valence-corrected chi connectivity index (χ2v) is 8.36. The lowest BCUT2D eigenvalue weighted by Gasteiger charge is -2.44. The summed E-state index contributed by atoms with van der Waals surface area (Å²) >= 11 is 0.